The normalized spacial score (nSPS) is 12.0. The van der Waals surface area contributed by atoms with Gasteiger partial charge in [-0.05, 0) is 24.1 Å². The molecule has 0 fully saturated rings. The van der Waals surface area contributed by atoms with Crippen LogP contribution in [0.25, 0.3) is 0 Å². The number of amides is 1. The van der Waals surface area contributed by atoms with Gasteiger partial charge in [-0.2, -0.15) is 0 Å². The van der Waals surface area contributed by atoms with E-state index in [1.165, 1.54) is 30.7 Å². The summed E-state index contributed by atoms with van der Waals surface area (Å²) >= 11 is 0. The molecular weight excluding hydrogens is 440 g/mol. The molecule has 0 bridgehead atoms. The third-order valence-corrected chi connectivity index (χ3v) is 6.36. The highest BCUT2D eigenvalue weighted by Gasteiger charge is 2.27. The lowest BCUT2D eigenvalue weighted by atomic mass is 10.1. The molecule has 8 heteroatoms. The first kappa shape index (κ1) is 24.1. The molecule has 0 saturated carbocycles. The van der Waals surface area contributed by atoms with Crippen LogP contribution in [-0.2, 0) is 16.6 Å². The van der Waals surface area contributed by atoms with Crippen molar-refractivity contribution >= 4 is 21.6 Å². The number of hydrogen-bond donors (Lipinski definition) is 1. The Labute approximate surface area is 195 Å². The number of hydrogen-bond acceptors (Lipinski definition) is 5. The smallest absolute Gasteiger partial charge is 0.254 e. The van der Waals surface area contributed by atoms with Gasteiger partial charge in [-0.1, -0.05) is 60.7 Å². The fourth-order valence-corrected chi connectivity index (χ4v) is 4.38. The van der Waals surface area contributed by atoms with Crippen LogP contribution in [0, 0.1) is 0 Å². The van der Waals surface area contributed by atoms with Crippen LogP contribution in [0.15, 0.2) is 72.8 Å². The molecule has 1 unspecified atom stereocenters. The summed E-state index contributed by atoms with van der Waals surface area (Å²) in [6, 6.07) is 21.4. The van der Waals surface area contributed by atoms with E-state index in [4.69, 9.17) is 9.47 Å². The standard InChI is InChI=1S/C25H28N2O5S/c1-18(20-13-9-6-10-14-20)26-25(28)21-15-23(31-2)24(32-3)16-22(21)27(33(4,29)30)17-19-11-7-5-8-12-19/h5-16,18H,17H2,1-4H3,(H,26,28). The Kier molecular flexibility index (Phi) is 7.60. The van der Waals surface area contributed by atoms with Gasteiger partial charge in [0.05, 0.1) is 44.3 Å². The van der Waals surface area contributed by atoms with Gasteiger partial charge in [-0.25, -0.2) is 8.42 Å². The summed E-state index contributed by atoms with van der Waals surface area (Å²) in [5.41, 5.74) is 2.08. The van der Waals surface area contributed by atoms with Crippen LogP contribution < -0.4 is 19.1 Å². The maximum Gasteiger partial charge on any atom is 0.254 e. The molecule has 174 valence electrons. The summed E-state index contributed by atoms with van der Waals surface area (Å²) in [5, 5.41) is 2.96. The van der Waals surface area contributed by atoms with E-state index in [-0.39, 0.29) is 23.8 Å². The average molecular weight is 469 g/mol. The van der Waals surface area contributed by atoms with E-state index in [9.17, 15) is 13.2 Å². The van der Waals surface area contributed by atoms with Crippen LogP contribution in [0.3, 0.4) is 0 Å². The molecule has 0 radical (unpaired) electrons. The monoisotopic (exact) mass is 468 g/mol. The van der Waals surface area contributed by atoms with Crippen molar-refractivity contribution in [2.75, 3.05) is 24.8 Å². The fourth-order valence-electron chi connectivity index (χ4n) is 3.49. The van der Waals surface area contributed by atoms with Gasteiger partial charge < -0.3 is 14.8 Å². The minimum Gasteiger partial charge on any atom is -0.493 e. The quantitative estimate of drug-likeness (QED) is 0.510. The number of carbonyl (C=O) groups excluding carboxylic acids is 1. The van der Waals surface area contributed by atoms with Crippen molar-refractivity contribution in [2.24, 2.45) is 0 Å². The van der Waals surface area contributed by atoms with Crippen molar-refractivity contribution in [3.63, 3.8) is 0 Å². The molecular formula is C25H28N2O5S. The Balaban J connectivity index is 2.09. The highest BCUT2D eigenvalue weighted by molar-refractivity contribution is 7.92. The zero-order valence-corrected chi connectivity index (χ0v) is 19.9. The zero-order valence-electron chi connectivity index (χ0n) is 19.1. The fraction of sp³-hybridized carbons (Fsp3) is 0.240. The van der Waals surface area contributed by atoms with Crippen LogP contribution in [0.5, 0.6) is 11.5 Å². The van der Waals surface area contributed by atoms with Gasteiger partial charge in [-0.3, -0.25) is 9.10 Å². The lowest BCUT2D eigenvalue weighted by Gasteiger charge is -2.26. The molecule has 0 spiro atoms. The molecule has 7 nitrogen and oxygen atoms in total. The molecule has 1 N–H and O–H groups in total. The maximum absolute atomic E-state index is 13.4. The van der Waals surface area contributed by atoms with Gasteiger partial charge in [0.15, 0.2) is 11.5 Å². The molecule has 0 saturated heterocycles. The largest absolute Gasteiger partial charge is 0.493 e. The third-order valence-electron chi connectivity index (χ3n) is 5.23. The number of ether oxygens (including phenoxy) is 2. The molecule has 0 aliphatic rings. The highest BCUT2D eigenvalue weighted by Crippen LogP contribution is 2.37. The summed E-state index contributed by atoms with van der Waals surface area (Å²) in [6.45, 7) is 1.93. The van der Waals surface area contributed by atoms with Crippen LogP contribution in [0.2, 0.25) is 0 Å². The molecule has 0 heterocycles. The highest BCUT2D eigenvalue weighted by atomic mass is 32.2. The minimum atomic E-state index is -3.74. The lowest BCUT2D eigenvalue weighted by molar-refractivity contribution is 0.0940. The summed E-state index contributed by atoms with van der Waals surface area (Å²) in [6.07, 6.45) is 1.11. The number of sulfonamides is 1. The zero-order chi connectivity index (χ0) is 24.0. The molecule has 1 atom stereocenters. The Morgan fingerprint density at radius 1 is 0.939 bits per heavy atom. The first-order valence-corrected chi connectivity index (χ1v) is 12.2. The minimum absolute atomic E-state index is 0.0592. The SMILES string of the molecule is COc1cc(C(=O)NC(C)c2ccccc2)c(N(Cc2ccccc2)S(C)(=O)=O)cc1OC. The van der Waals surface area contributed by atoms with Crippen molar-refractivity contribution in [2.45, 2.75) is 19.5 Å². The maximum atomic E-state index is 13.4. The number of nitrogens with one attached hydrogen (secondary N) is 1. The predicted molar refractivity (Wildman–Crippen MR) is 129 cm³/mol. The van der Waals surface area contributed by atoms with Crippen LogP contribution >= 0.6 is 0 Å². The molecule has 3 aromatic rings. The number of benzene rings is 3. The van der Waals surface area contributed by atoms with Crippen LogP contribution in [0.4, 0.5) is 5.69 Å². The van der Waals surface area contributed by atoms with Crippen molar-refractivity contribution in [3.05, 3.63) is 89.5 Å². The second-order valence-corrected chi connectivity index (χ2v) is 9.49. The van der Waals surface area contributed by atoms with Gasteiger partial charge in [0.25, 0.3) is 5.91 Å². The lowest BCUT2D eigenvalue weighted by Crippen LogP contribution is -2.33. The second-order valence-electron chi connectivity index (χ2n) is 7.59. The topological polar surface area (TPSA) is 84.9 Å². The molecule has 33 heavy (non-hydrogen) atoms. The Bertz CT molecular complexity index is 1200. The van der Waals surface area contributed by atoms with Gasteiger partial charge in [0.2, 0.25) is 10.0 Å². The summed E-state index contributed by atoms with van der Waals surface area (Å²) in [5.74, 6) is 0.220. The van der Waals surface area contributed by atoms with E-state index in [1.54, 1.807) is 0 Å². The van der Waals surface area contributed by atoms with E-state index >= 15 is 0 Å². The molecule has 3 rings (SSSR count). The molecule has 1 amide bonds. The molecule has 0 aromatic heterocycles. The first-order valence-electron chi connectivity index (χ1n) is 10.4. The Morgan fingerprint density at radius 3 is 2.03 bits per heavy atom. The van der Waals surface area contributed by atoms with Gasteiger partial charge >= 0.3 is 0 Å². The summed E-state index contributed by atoms with van der Waals surface area (Å²) < 4.78 is 37.6. The van der Waals surface area contributed by atoms with Gasteiger partial charge in [0, 0.05) is 6.07 Å². The van der Waals surface area contributed by atoms with E-state index in [0.717, 1.165) is 17.4 Å². The van der Waals surface area contributed by atoms with Gasteiger partial charge in [-0.15, -0.1) is 0 Å². The summed E-state index contributed by atoms with van der Waals surface area (Å²) in [7, 11) is -0.819. The molecule has 3 aromatic carbocycles. The van der Waals surface area contributed by atoms with Gasteiger partial charge in [0.1, 0.15) is 0 Å². The third kappa shape index (κ3) is 5.84. The number of methoxy groups -OCH3 is 2. The summed E-state index contributed by atoms with van der Waals surface area (Å²) in [4.78, 5) is 13.4. The van der Waals surface area contributed by atoms with Crippen LogP contribution in [0.1, 0.15) is 34.5 Å². The Hall–Kier alpha value is -3.52. The van der Waals surface area contributed by atoms with E-state index in [0.29, 0.717) is 11.5 Å². The second kappa shape index (κ2) is 10.4. The molecule has 0 aliphatic carbocycles. The predicted octanol–water partition coefficient (Wildman–Crippen LogP) is 4.16. The molecule has 0 aliphatic heterocycles. The average Bonchev–Trinajstić information content (AvgIpc) is 2.82. The number of nitrogens with zero attached hydrogens (tertiary/aromatic N) is 1. The first-order chi connectivity index (χ1) is 15.7. The number of anilines is 1. The van der Waals surface area contributed by atoms with E-state index < -0.39 is 15.9 Å². The number of carbonyl (C=O) groups is 1. The van der Waals surface area contributed by atoms with E-state index in [1.807, 2.05) is 67.6 Å². The Morgan fingerprint density at radius 2 is 1.48 bits per heavy atom. The number of rotatable bonds is 9. The van der Waals surface area contributed by atoms with Crippen LogP contribution in [-0.4, -0.2) is 34.8 Å². The van der Waals surface area contributed by atoms with Crippen molar-refractivity contribution in [3.8, 4) is 11.5 Å². The van der Waals surface area contributed by atoms with E-state index in [2.05, 4.69) is 5.32 Å². The van der Waals surface area contributed by atoms with Crippen molar-refractivity contribution < 1.29 is 22.7 Å². The van der Waals surface area contributed by atoms with Crippen molar-refractivity contribution in [1.29, 1.82) is 0 Å². The van der Waals surface area contributed by atoms with Crippen molar-refractivity contribution in [1.82, 2.24) is 5.32 Å².